The summed E-state index contributed by atoms with van der Waals surface area (Å²) in [6.45, 7) is 6.95. The predicted molar refractivity (Wildman–Crippen MR) is 120 cm³/mol. The fourth-order valence-electron chi connectivity index (χ4n) is 5.05. The number of nitrogens with one attached hydrogen (secondary N) is 2. The molecule has 1 aromatic carbocycles. The van der Waals surface area contributed by atoms with E-state index in [9.17, 15) is 9.59 Å². The minimum atomic E-state index is -0.511. The normalized spacial score (nSPS) is 23.9. The van der Waals surface area contributed by atoms with Gasteiger partial charge in [-0.15, -0.1) is 0 Å². The molecule has 31 heavy (non-hydrogen) atoms. The molecule has 0 spiro atoms. The van der Waals surface area contributed by atoms with Crippen LogP contribution in [0.3, 0.4) is 0 Å². The number of carbonyl (C=O) groups is 2. The van der Waals surface area contributed by atoms with Gasteiger partial charge < -0.3 is 20.3 Å². The number of aryl methyl sites for hydroxylation is 1. The van der Waals surface area contributed by atoms with Gasteiger partial charge in [0.25, 0.3) is 0 Å². The summed E-state index contributed by atoms with van der Waals surface area (Å²) in [6, 6.07) is 7.76. The third-order valence-electron chi connectivity index (χ3n) is 6.82. The van der Waals surface area contributed by atoms with Crippen LogP contribution < -0.4 is 10.6 Å². The summed E-state index contributed by atoms with van der Waals surface area (Å²) in [7, 11) is 1.39. The van der Waals surface area contributed by atoms with E-state index in [0.717, 1.165) is 37.1 Å². The molecule has 0 bridgehead atoms. The summed E-state index contributed by atoms with van der Waals surface area (Å²) in [5.74, 6) is -0.406. The topological polar surface area (TPSA) is 73.9 Å². The number of ether oxygens (including phenoxy) is 1. The fourth-order valence-corrected chi connectivity index (χ4v) is 5.05. The number of likely N-dealkylation sites (tertiary alicyclic amines) is 2. The first-order chi connectivity index (χ1) is 15.0. The zero-order valence-electron chi connectivity index (χ0n) is 18.7. The molecule has 0 aliphatic carbocycles. The van der Waals surface area contributed by atoms with Crippen LogP contribution in [0.5, 0.6) is 0 Å². The molecule has 4 rings (SSSR count). The van der Waals surface area contributed by atoms with Crippen LogP contribution >= 0.6 is 0 Å². The summed E-state index contributed by atoms with van der Waals surface area (Å²) >= 11 is 0. The van der Waals surface area contributed by atoms with Gasteiger partial charge in [0.15, 0.2) is 0 Å². The average molecular weight is 427 g/mol. The molecule has 3 aliphatic rings. The average Bonchev–Trinajstić information content (AvgIpc) is 2.80. The second kappa shape index (κ2) is 9.83. The van der Waals surface area contributed by atoms with Crippen molar-refractivity contribution in [1.82, 2.24) is 20.4 Å². The first-order valence-corrected chi connectivity index (χ1v) is 11.5. The van der Waals surface area contributed by atoms with Crippen LogP contribution in [0.25, 0.3) is 0 Å². The second-order valence-electron chi connectivity index (χ2n) is 8.93. The summed E-state index contributed by atoms with van der Waals surface area (Å²) in [4.78, 5) is 30.2. The van der Waals surface area contributed by atoms with Gasteiger partial charge >= 0.3 is 12.0 Å². The molecule has 3 aliphatic heterocycles. The molecule has 2 N–H and O–H groups in total. The zero-order valence-corrected chi connectivity index (χ0v) is 18.7. The Balaban J connectivity index is 1.50. The van der Waals surface area contributed by atoms with Crippen molar-refractivity contribution in [3.8, 4) is 0 Å². The molecule has 2 amide bonds. The predicted octanol–water partition coefficient (Wildman–Crippen LogP) is 2.73. The maximum absolute atomic E-state index is 12.7. The minimum Gasteiger partial charge on any atom is -0.466 e. The van der Waals surface area contributed by atoms with Crippen LogP contribution in [0.15, 0.2) is 35.5 Å². The number of methoxy groups -OCH3 is 1. The van der Waals surface area contributed by atoms with Crippen molar-refractivity contribution in [2.75, 3.05) is 39.8 Å². The van der Waals surface area contributed by atoms with E-state index in [4.69, 9.17) is 4.74 Å². The number of hydrogen-bond acceptors (Lipinski definition) is 5. The molecule has 0 saturated carbocycles. The van der Waals surface area contributed by atoms with Gasteiger partial charge in [-0.2, -0.15) is 0 Å². The molecule has 0 aromatic heterocycles. The number of rotatable bonds is 5. The lowest BCUT2D eigenvalue weighted by molar-refractivity contribution is -0.136. The molecule has 168 valence electrons. The lowest BCUT2D eigenvalue weighted by Gasteiger charge is -2.41. The molecule has 7 heteroatoms. The number of nitrogens with zero attached hydrogens (tertiary/aromatic N) is 2. The Bertz CT molecular complexity index is 822. The molecule has 3 heterocycles. The molecule has 2 saturated heterocycles. The standard InChI is InChI=1S/C24H34N4O3/c1-17-6-8-18(9-7-17)22-21(23(29)31-2)20(25-24(30)26-22)16-27-14-10-19(11-15-27)28-12-4-3-5-13-28/h6-9,19,22H,3-5,10-16H2,1-2H3,(H2,25,26,30)/t22-/m1/s1. The highest BCUT2D eigenvalue weighted by molar-refractivity contribution is 5.95. The maximum atomic E-state index is 12.7. The number of esters is 1. The van der Waals surface area contributed by atoms with Crippen molar-refractivity contribution < 1.29 is 14.3 Å². The SMILES string of the molecule is COC(=O)C1=C(CN2CCC(N3CCCCC3)CC2)NC(=O)N[C@@H]1c1ccc(C)cc1. The van der Waals surface area contributed by atoms with E-state index in [0.29, 0.717) is 23.9 Å². The van der Waals surface area contributed by atoms with Crippen molar-refractivity contribution in [1.29, 1.82) is 0 Å². The first kappa shape index (κ1) is 21.8. The Morgan fingerprint density at radius 1 is 1.06 bits per heavy atom. The van der Waals surface area contributed by atoms with E-state index < -0.39 is 12.0 Å². The summed E-state index contributed by atoms with van der Waals surface area (Å²) in [5, 5.41) is 5.79. The van der Waals surface area contributed by atoms with Crippen LogP contribution in [0.1, 0.15) is 49.3 Å². The number of piperidine rings is 2. The van der Waals surface area contributed by atoms with Crippen LogP contribution in [-0.4, -0.2) is 67.7 Å². The molecular weight excluding hydrogens is 392 g/mol. The monoisotopic (exact) mass is 426 g/mol. The van der Waals surface area contributed by atoms with Crippen molar-refractivity contribution in [3.63, 3.8) is 0 Å². The number of amides is 2. The van der Waals surface area contributed by atoms with Gasteiger partial charge in [-0.05, 0) is 51.3 Å². The first-order valence-electron chi connectivity index (χ1n) is 11.5. The van der Waals surface area contributed by atoms with Crippen LogP contribution in [0, 0.1) is 6.92 Å². The molecular formula is C24H34N4O3. The summed E-state index contributed by atoms with van der Waals surface area (Å²) in [6.07, 6.45) is 6.25. The molecule has 2 fully saturated rings. The van der Waals surface area contributed by atoms with Gasteiger partial charge in [0, 0.05) is 31.4 Å². The van der Waals surface area contributed by atoms with E-state index in [1.165, 1.54) is 39.5 Å². The van der Waals surface area contributed by atoms with E-state index in [-0.39, 0.29) is 6.03 Å². The van der Waals surface area contributed by atoms with Gasteiger partial charge in [0.05, 0.1) is 18.7 Å². The van der Waals surface area contributed by atoms with Crippen LogP contribution in [0.4, 0.5) is 4.79 Å². The largest absolute Gasteiger partial charge is 0.466 e. The van der Waals surface area contributed by atoms with Gasteiger partial charge in [-0.3, -0.25) is 4.90 Å². The Labute approximate surface area is 184 Å². The van der Waals surface area contributed by atoms with Crippen molar-refractivity contribution in [3.05, 3.63) is 46.7 Å². The third kappa shape index (κ3) is 5.10. The molecule has 0 unspecified atom stereocenters. The molecule has 1 atom stereocenters. The highest BCUT2D eigenvalue weighted by Gasteiger charge is 2.35. The van der Waals surface area contributed by atoms with Crippen molar-refractivity contribution in [2.24, 2.45) is 0 Å². The summed E-state index contributed by atoms with van der Waals surface area (Å²) < 4.78 is 5.10. The molecule has 7 nitrogen and oxygen atoms in total. The van der Waals surface area contributed by atoms with Gasteiger partial charge in [-0.25, -0.2) is 9.59 Å². The third-order valence-corrected chi connectivity index (χ3v) is 6.82. The Morgan fingerprint density at radius 2 is 1.74 bits per heavy atom. The lowest BCUT2D eigenvalue weighted by Crippen LogP contribution is -2.51. The number of carbonyl (C=O) groups excluding carboxylic acids is 2. The zero-order chi connectivity index (χ0) is 21.8. The maximum Gasteiger partial charge on any atom is 0.338 e. The molecule has 1 aromatic rings. The van der Waals surface area contributed by atoms with Gasteiger partial charge in [0.2, 0.25) is 0 Å². The van der Waals surface area contributed by atoms with E-state index in [1.807, 2.05) is 31.2 Å². The Morgan fingerprint density at radius 3 is 2.39 bits per heavy atom. The summed E-state index contributed by atoms with van der Waals surface area (Å²) in [5.41, 5.74) is 3.15. The Hall–Kier alpha value is -2.38. The van der Waals surface area contributed by atoms with Crippen LogP contribution in [0.2, 0.25) is 0 Å². The molecule has 0 radical (unpaired) electrons. The van der Waals surface area contributed by atoms with Crippen LogP contribution in [-0.2, 0) is 9.53 Å². The minimum absolute atomic E-state index is 0.281. The van der Waals surface area contributed by atoms with E-state index >= 15 is 0 Å². The Kier molecular flexibility index (Phi) is 6.92. The van der Waals surface area contributed by atoms with Crippen molar-refractivity contribution in [2.45, 2.75) is 51.1 Å². The number of benzene rings is 1. The number of hydrogen-bond donors (Lipinski definition) is 2. The van der Waals surface area contributed by atoms with Gasteiger partial charge in [0.1, 0.15) is 0 Å². The van der Waals surface area contributed by atoms with Gasteiger partial charge in [-0.1, -0.05) is 36.2 Å². The quantitative estimate of drug-likeness (QED) is 0.709. The second-order valence-corrected chi connectivity index (χ2v) is 8.93. The lowest BCUT2D eigenvalue weighted by atomic mass is 9.94. The van der Waals surface area contributed by atoms with Crippen molar-refractivity contribution >= 4 is 12.0 Å². The smallest absolute Gasteiger partial charge is 0.338 e. The highest BCUT2D eigenvalue weighted by atomic mass is 16.5. The highest BCUT2D eigenvalue weighted by Crippen LogP contribution is 2.29. The van der Waals surface area contributed by atoms with E-state index in [2.05, 4.69) is 20.4 Å². The number of urea groups is 1. The van der Waals surface area contributed by atoms with E-state index in [1.54, 1.807) is 0 Å². The fraction of sp³-hybridized carbons (Fsp3) is 0.583.